The van der Waals surface area contributed by atoms with Crippen molar-refractivity contribution in [2.45, 2.75) is 19.9 Å². The monoisotopic (exact) mass is 378 g/mol. The molecule has 2 aromatic rings. The first kappa shape index (κ1) is 17.2. The van der Waals surface area contributed by atoms with Gasteiger partial charge in [-0.2, -0.15) is 0 Å². The van der Waals surface area contributed by atoms with Crippen LogP contribution in [-0.4, -0.2) is 34.5 Å². The maximum Gasteiger partial charge on any atom is 0.251 e. The van der Waals surface area contributed by atoms with Gasteiger partial charge in [-0.1, -0.05) is 22.0 Å². The lowest BCUT2D eigenvalue weighted by atomic mass is 10.2. The third-order valence-electron chi connectivity index (χ3n) is 3.32. The Morgan fingerprint density at radius 3 is 2.83 bits per heavy atom. The highest BCUT2D eigenvalue weighted by atomic mass is 79.9. The summed E-state index contributed by atoms with van der Waals surface area (Å²) in [6, 6.07) is 7.02. The normalized spacial score (nSPS) is 10.3. The van der Waals surface area contributed by atoms with Gasteiger partial charge in [0.2, 0.25) is 5.91 Å². The van der Waals surface area contributed by atoms with Crippen LogP contribution in [0, 0.1) is 6.92 Å². The van der Waals surface area contributed by atoms with Gasteiger partial charge in [0.05, 0.1) is 6.54 Å². The number of hydrogen-bond donors (Lipinski definition) is 2. The molecule has 0 unspecified atom stereocenters. The molecule has 0 saturated heterocycles. The fourth-order valence-corrected chi connectivity index (χ4v) is 2.47. The van der Waals surface area contributed by atoms with Crippen molar-refractivity contribution in [3.8, 4) is 0 Å². The van der Waals surface area contributed by atoms with E-state index in [1.54, 1.807) is 24.4 Å². The molecule has 0 aliphatic rings. The molecule has 1 aromatic carbocycles. The van der Waals surface area contributed by atoms with Crippen LogP contribution in [0.3, 0.4) is 0 Å². The zero-order valence-electron chi connectivity index (χ0n) is 12.9. The Labute approximate surface area is 143 Å². The van der Waals surface area contributed by atoms with Crippen molar-refractivity contribution in [2.24, 2.45) is 0 Å². The van der Waals surface area contributed by atoms with Gasteiger partial charge in [-0.05, 0) is 31.5 Å². The van der Waals surface area contributed by atoms with Crippen molar-refractivity contribution in [1.82, 2.24) is 20.2 Å². The number of amides is 2. The fraction of sp³-hybridized carbons (Fsp3) is 0.312. The molecule has 0 fully saturated rings. The highest BCUT2D eigenvalue weighted by Gasteiger charge is 2.08. The molecule has 2 rings (SSSR count). The number of benzene rings is 1. The maximum atomic E-state index is 11.9. The highest BCUT2D eigenvalue weighted by molar-refractivity contribution is 9.10. The smallest absolute Gasteiger partial charge is 0.251 e. The topological polar surface area (TPSA) is 76.0 Å². The van der Waals surface area contributed by atoms with Gasteiger partial charge in [-0.3, -0.25) is 9.59 Å². The van der Waals surface area contributed by atoms with Gasteiger partial charge in [0.1, 0.15) is 5.82 Å². The molecule has 122 valence electrons. The van der Waals surface area contributed by atoms with Gasteiger partial charge in [-0.25, -0.2) is 4.98 Å². The van der Waals surface area contributed by atoms with Crippen molar-refractivity contribution >= 4 is 27.7 Å². The van der Waals surface area contributed by atoms with E-state index in [0.717, 1.165) is 23.3 Å². The predicted octanol–water partition coefficient (Wildman–Crippen LogP) is 1.89. The number of nitrogens with zero attached hydrogens (tertiary/aromatic N) is 2. The van der Waals surface area contributed by atoms with Crippen LogP contribution < -0.4 is 10.6 Å². The summed E-state index contributed by atoms with van der Waals surface area (Å²) in [5.74, 6) is 0.490. The first-order valence-corrected chi connectivity index (χ1v) is 8.14. The number of aromatic nitrogens is 2. The fourth-order valence-electron chi connectivity index (χ4n) is 2.07. The minimum Gasteiger partial charge on any atom is -0.355 e. The Hall–Kier alpha value is -2.15. The molecule has 2 N–H and O–H groups in total. The highest BCUT2D eigenvalue weighted by Crippen LogP contribution is 2.11. The lowest BCUT2D eigenvalue weighted by molar-refractivity contribution is -0.120. The molecular formula is C16H19BrN4O2. The van der Waals surface area contributed by atoms with E-state index in [2.05, 4.69) is 31.5 Å². The second-order valence-electron chi connectivity index (χ2n) is 5.06. The van der Waals surface area contributed by atoms with Crippen molar-refractivity contribution in [2.75, 3.05) is 13.1 Å². The van der Waals surface area contributed by atoms with Gasteiger partial charge in [0, 0.05) is 35.5 Å². The molecule has 7 heteroatoms. The quantitative estimate of drug-likeness (QED) is 0.722. The van der Waals surface area contributed by atoms with Crippen molar-refractivity contribution < 1.29 is 9.59 Å². The minimum absolute atomic E-state index is 0.0323. The summed E-state index contributed by atoms with van der Waals surface area (Å²) in [5.41, 5.74) is 0.516. The van der Waals surface area contributed by atoms with Crippen molar-refractivity contribution in [3.63, 3.8) is 0 Å². The van der Waals surface area contributed by atoms with Gasteiger partial charge in [0.15, 0.2) is 0 Å². The van der Waals surface area contributed by atoms with Gasteiger partial charge in [-0.15, -0.1) is 0 Å². The van der Waals surface area contributed by atoms with E-state index >= 15 is 0 Å². The number of carbonyl (C=O) groups is 2. The summed E-state index contributed by atoms with van der Waals surface area (Å²) < 4.78 is 2.85. The molecule has 0 saturated carbocycles. The van der Waals surface area contributed by atoms with E-state index in [-0.39, 0.29) is 18.4 Å². The predicted molar refractivity (Wildman–Crippen MR) is 91.1 cm³/mol. The largest absolute Gasteiger partial charge is 0.355 e. The number of nitrogens with one attached hydrogen (secondary N) is 2. The molecule has 2 amide bonds. The van der Waals surface area contributed by atoms with Crippen LogP contribution in [0.4, 0.5) is 0 Å². The van der Waals surface area contributed by atoms with E-state index in [1.165, 1.54) is 0 Å². The molecule has 0 atom stereocenters. The molecule has 0 aliphatic carbocycles. The number of halogens is 1. The number of carbonyl (C=O) groups excluding carboxylic acids is 2. The van der Waals surface area contributed by atoms with Gasteiger partial charge < -0.3 is 15.2 Å². The number of rotatable bonds is 7. The van der Waals surface area contributed by atoms with Crippen molar-refractivity contribution in [3.05, 3.63) is 52.5 Å². The van der Waals surface area contributed by atoms with E-state index in [4.69, 9.17) is 0 Å². The lowest BCUT2D eigenvalue weighted by Crippen LogP contribution is -2.37. The molecule has 0 radical (unpaired) electrons. The van der Waals surface area contributed by atoms with E-state index < -0.39 is 0 Å². The number of imidazole rings is 1. The van der Waals surface area contributed by atoms with Gasteiger partial charge in [0.25, 0.3) is 5.91 Å². The summed E-state index contributed by atoms with van der Waals surface area (Å²) in [4.78, 5) is 27.8. The molecular weight excluding hydrogens is 360 g/mol. The van der Waals surface area contributed by atoms with Gasteiger partial charge >= 0.3 is 0 Å². The van der Waals surface area contributed by atoms with E-state index in [9.17, 15) is 9.59 Å². The Bertz CT molecular complexity index is 684. The van der Waals surface area contributed by atoms with Crippen LogP contribution in [0.15, 0.2) is 41.1 Å². The summed E-state index contributed by atoms with van der Waals surface area (Å²) in [6.45, 7) is 3.27. The number of aryl methyl sites for hydroxylation is 2. The summed E-state index contributed by atoms with van der Waals surface area (Å²) in [5, 5.41) is 5.39. The Balaban J connectivity index is 1.65. The molecule has 6 nitrogen and oxygen atoms in total. The second-order valence-corrected chi connectivity index (χ2v) is 5.98. The van der Waals surface area contributed by atoms with E-state index in [1.807, 2.05) is 23.8 Å². The maximum absolute atomic E-state index is 11.9. The number of hydrogen-bond acceptors (Lipinski definition) is 3. The molecule has 0 aliphatic heterocycles. The minimum atomic E-state index is -0.268. The molecule has 1 aromatic heterocycles. The molecule has 0 spiro atoms. The average molecular weight is 379 g/mol. The van der Waals surface area contributed by atoms with Crippen LogP contribution in [0.2, 0.25) is 0 Å². The third kappa shape index (κ3) is 5.52. The zero-order chi connectivity index (χ0) is 16.7. The summed E-state index contributed by atoms with van der Waals surface area (Å²) in [6.07, 6.45) is 4.48. The Morgan fingerprint density at radius 1 is 1.30 bits per heavy atom. The molecule has 1 heterocycles. The van der Waals surface area contributed by atoms with Crippen molar-refractivity contribution in [1.29, 1.82) is 0 Å². The first-order valence-electron chi connectivity index (χ1n) is 7.34. The standard InChI is InChI=1S/C16H19BrN4O2/c1-12-18-7-9-21(12)8-3-6-19-15(22)11-20-16(23)13-4-2-5-14(17)10-13/h2,4-5,7,9-10H,3,6,8,11H2,1H3,(H,19,22)(H,20,23). The third-order valence-corrected chi connectivity index (χ3v) is 3.81. The van der Waals surface area contributed by atoms with Crippen LogP contribution in [-0.2, 0) is 11.3 Å². The van der Waals surface area contributed by atoms with E-state index in [0.29, 0.717) is 12.1 Å². The lowest BCUT2D eigenvalue weighted by Gasteiger charge is -2.08. The van der Waals surface area contributed by atoms with Crippen LogP contribution >= 0.6 is 15.9 Å². The first-order chi connectivity index (χ1) is 11.1. The SMILES string of the molecule is Cc1nccn1CCCNC(=O)CNC(=O)c1cccc(Br)c1. The van der Waals surface area contributed by atoms with Crippen LogP contribution in [0.1, 0.15) is 22.6 Å². The zero-order valence-corrected chi connectivity index (χ0v) is 14.5. The Morgan fingerprint density at radius 2 is 2.13 bits per heavy atom. The summed E-state index contributed by atoms with van der Waals surface area (Å²) >= 11 is 3.31. The molecule has 0 bridgehead atoms. The molecule has 23 heavy (non-hydrogen) atoms. The average Bonchev–Trinajstić information content (AvgIpc) is 2.94. The van der Waals surface area contributed by atoms with Crippen LogP contribution in [0.5, 0.6) is 0 Å². The summed E-state index contributed by atoms with van der Waals surface area (Å²) in [7, 11) is 0. The Kier molecular flexibility index (Phi) is 6.34. The second kappa shape index (κ2) is 8.47. The van der Waals surface area contributed by atoms with Crippen LogP contribution in [0.25, 0.3) is 0 Å².